The van der Waals surface area contributed by atoms with E-state index in [1.165, 1.54) is 17.0 Å². The number of sulfone groups is 1. The fourth-order valence-electron chi connectivity index (χ4n) is 1.56. The number of amides is 1. The first-order chi connectivity index (χ1) is 9.61. The van der Waals surface area contributed by atoms with Crippen LogP contribution in [0.25, 0.3) is 0 Å². The summed E-state index contributed by atoms with van der Waals surface area (Å²) < 4.78 is 28.7. The van der Waals surface area contributed by atoms with Crippen molar-refractivity contribution in [3.8, 4) is 0 Å². The molecule has 1 aromatic rings. The van der Waals surface area contributed by atoms with Gasteiger partial charge in [0.2, 0.25) is 0 Å². The quantitative estimate of drug-likeness (QED) is 0.790. The summed E-state index contributed by atoms with van der Waals surface area (Å²) in [6.45, 7) is 4.64. The first-order valence-corrected chi connectivity index (χ1v) is 9.16. The topological polar surface area (TPSA) is 63.7 Å². The van der Waals surface area contributed by atoms with Crippen molar-refractivity contribution in [3.05, 3.63) is 28.2 Å². The summed E-state index contributed by atoms with van der Waals surface area (Å²) in [5.41, 5.74) is 0.811. The van der Waals surface area contributed by atoms with Gasteiger partial charge in [-0.25, -0.2) is 13.2 Å². The number of hydrogen-bond donors (Lipinski definition) is 0. The molecule has 0 atom stereocenters. The molecule has 0 N–H and O–H groups in total. The van der Waals surface area contributed by atoms with Crippen LogP contribution in [0.2, 0.25) is 0 Å². The van der Waals surface area contributed by atoms with Crippen LogP contribution < -0.4 is 0 Å². The van der Waals surface area contributed by atoms with Gasteiger partial charge in [0.25, 0.3) is 0 Å². The van der Waals surface area contributed by atoms with Crippen LogP contribution in [0.15, 0.2) is 27.6 Å². The van der Waals surface area contributed by atoms with E-state index in [0.29, 0.717) is 17.6 Å². The molecule has 1 rings (SSSR count). The maximum absolute atomic E-state index is 11.8. The van der Waals surface area contributed by atoms with Gasteiger partial charge >= 0.3 is 6.09 Å². The number of ether oxygens (including phenoxy) is 1. The largest absolute Gasteiger partial charge is 0.449 e. The molecule has 0 radical (unpaired) electrons. The Hall–Kier alpha value is -1.08. The monoisotopic (exact) mass is 377 g/mol. The zero-order valence-corrected chi connectivity index (χ0v) is 15.0. The Bertz CT molecular complexity index is 613. The lowest BCUT2D eigenvalue weighted by molar-refractivity contribution is 0.0980. The lowest BCUT2D eigenvalue weighted by Crippen LogP contribution is -2.28. The molecule has 1 aromatic carbocycles. The number of carbonyl (C=O) groups is 1. The predicted octanol–water partition coefficient (Wildman–Crippen LogP) is 3.08. The van der Waals surface area contributed by atoms with Crippen LogP contribution in [-0.4, -0.2) is 39.3 Å². The molecule has 7 heteroatoms. The van der Waals surface area contributed by atoms with Gasteiger partial charge in [-0.3, -0.25) is 0 Å². The van der Waals surface area contributed by atoms with Gasteiger partial charge in [0.15, 0.2) is 9.84 Å². The first kappa shape index (κ1) is 18.0. The Balaban J connectivity index is 2.77. The van der Waals surface area contributed by atoms with Crippen molar-refractivity contribution in [1.29, 1.82) is 0 Å². The van der Waals surface area contributed by atoms with E-state index < -0.39 is 15.9 Å². The molecule has 0 spiro atoms. The highest BCUT2D eigenvalue weighted by atomic mass is 79.9. The highest BCUT2D eigenvalue weighted by Crippen LogP contribution is 2.22. The predicted molar refractivity (Wildman–Crippen MR) is 84.9 cm³/mol. The van der Waals surface area contributed by atoms with Crippen LogP contribution in [0, 0.1) is 5.92 Å². The van der Waals surface area contributed by atoms with Crippen LogP contribution in [0.5, 0.6) is 0 Å². The fourth-order valence-corrected chi connectivity index (χ4v) is 2.86. The summed E-state index contributed by atoms with van der Waals surface area (Å²) in [6, 6.07) is 4.76. The van der Waals surface area contributed by atoms with E-state index in [0.717, 1.165) is 11.8 Å². The maximum Gasteiger partial charge on any atom is 0.409 e. The summed E-state index contributed by atoms with van der Waals surface area (Å²) in [5, 5.41) is 0. The van der Waals surface area contributed by atoms with Gasteiger partial charge in [-0.15, -0.1) is 0 Å². The molecule has 1 amide bonds. The highest BCUT2D eigenvalue weighted by Gasteiger charge is 2.15. The van der Waals surface area contributed by atoms with Gasteiger partial charge < -0.3 is 9.64 Å². The van der Waals surface area contributed by atoms with Crippen LogP contribution >= 0.6 is 15.9 Å². The number of halogens is 1. The Kier molecular flexibility index (Phi) is 6.22. The SMILES string of the molecule is CC(C)COC(=O)N(C)Cc1ccc(S(C)(=O)=O)cc1Br. The Morgan fingerprint density at radius 3 is 2.48 bits per heavy atom. The first-order valence-electron chi connectivity index (χ1n) is 6.47. The van der Waals surface area contributed by atoms with E-state index >= 15 is 0 Å². The summed E-state index contributed by atoms with van der Waals surface area (Å²) >= 11 is 3.34. The molecule has 0 saturated carbocycles. The molecule has 0 fully saturated rings. The lowest BCUT2D eigenvalue weighted by atomic mass is 10.2. The average molecular weight is 378 g/mol. The van der Waals surface area contributed by atoms with Gasteiger partial charge in [-0.05, 0) is 23.6 Å². The second-order valence-electron chi connectivity index (χ2n) is 5.35. The van der Waals surface area contributed by atoms with Crippen molar-refractivity contribution in [1.82, 2.24) is 4.90 Å². The van der Waals surface area contributed by atoms with E-state index in [4.69, 9.17) is 4.74 Å². The fraction of sp³-hybridized carbons (Fsp3) is 0.500. The number of benzene rings is 1. The van der Waals surface area contributed by atoms with Gasteiger partial charge in [0, 0.05) is 24.3 Å². The van der Waals surface area contributed by atoms with Crippen molar-refractivity contribution in [2.24, 2.45) is 5.92 Å². The van der Waals surface area contributed by atoms with E-state index in [1.807, 2.05) is 13.8 Å². The third-order valence-corrected chi connectivity index (χ3v) is 4.56. The molecule has 0 aromatic heterocycles. The lowest BCUT2D eigenvalue weighted by Gasteiger charge is -2.18. The van der Waals surface area contributed by atoms with Crippen LogP contribution in [0.3, 0.4) is 0 Å². The second-order valence-corrected chi connectivity index (χ2v) is 8.22. The van der Waals surface area contributed by atoms with Crippen LogP contribution in [-0.2, 0) is 21.1 Å². The molecule has 0 aliphatic heterocycles. The molecule has 118 valence electrons. The van der Waals surface area contributed by atoms with E-state index in [9.17, 15) is 13.2 Å². The zero-order valence-electron chi connectivity index (χ0n) is 12.6. The normalized spacial score (nSPS) is 11.5. The summed E-state index contributed by atoms with van der Waals surface area (Å²) in [5.74, 6) is 0.281. The molecule has 5 nitrogen and oxygen atoms in total. The van der Waals surface area contributed by atoms with E-state index in [1.54, 1.807) is 13.1 Å². The van der Waals surface area contributed by atoms with E-state index in [2.05, 4.69) is 15.9 Å². The minimum Gasteiger partial charge on any atom is -0.449 e. The minimum atomic E-state index is -3.24. The molecule has 0 aliphatic rings. The van der Waals surface area contributed by atoms with E-state index in [-0.39, 0.29) is 10.8 Å². The standard InChI is InChI=1S/C14H20BrNO4S/c1-10(2)9-20-14(17)16(3)8-11-5-6-12(7-13(11)15)21(4,18)19/h5-7,10H,8-9H2,1-4H3. The second kappa shape index (κ2) is 7.26. The molecular formula is C14H20BrNO4S. The number of nitrogens with zero attached hydrogens (tertiary/aromatic N) is 1. The third-order valence-electron chi connectivity index (χ3n) is 2.71. The number of rotatable bonds is 5. The Morgan fingerprint density at radius 2 is 2.00 bits per heavy atom. The smallest absolute Gasteiger partial charge is 0.409 e. The van der Waals surface area contributed by atoms with Crippen molar-refractivity contribution in [3.63, 3.8) is 0 Å². The van der Waals surface area contributed by atoms with Crippen molar-refractivity contribution < 1.29 is 17.9 Å². The maximum atomic E-state index is 11.8. The van der Waals surface area contributed by atoms with Crippen LogP contribution in [0.1, 0.15) is 19.4 Å². The summed E-state index contributed by atoms with van der Waals surface area (Å²) in [6.07, 6.45) is 0.756. The van der Waals surface area contributed by atoms with Crippen LogP contribution in [0.4, 0.5) is 4.79 Å². The number of hydrogen-bond acceptors (Lipinski definition) is 4. The third kappa shape index (κ3) is 5.67. The molecular weight excluding hydrogens is 358 g/mol. The molecule has 0 unspecified atom stereocenters. The van der Waals surface area contributed by atoms with Gasteiger partial charge in [0.05, 0.1) is 11.5 Å². The Labute approximate surface area is 134 Å². The van der Waals surface area contributed by atoms with Crippen molar-refractivity contribution in [2.75, 3.05) is 19.9 Å². The van der Waals surface area contributed by atoms with Crippen molar-refractivity contribution >= 4 is 31.9 Å². The number of carbonyl (C=O) groups excluding carboxylic acids is 1. The van der Waals surface area contributed by atoms with Gasteiger partial charge in [0.1, 0.15) is 0 Å². The van der Waals surface area contributed by atoms with Gasteiger partial charge in [-0.2, -0.15) is 0 Å². The zero-order chi connectivity index (χ0) is 16.2. The molecule has 21 heavy (non-hydrogen) atoms. The molecule has 0 aliphatic carbocycles. The van der Waals surface area contributed by atoms with Gasteiger partial charge in [-0.1, -0.05) is 35.8 Å². The molecule has 0 heterocycles. The minimum absolute atomic E-state index is 0.239. The average Bonchev–Trinajstić information content (AvgIpc) is 2.36. The van der Waals surface area contributed by atoms with Crippen molar-refractivity contribution in [2.45, 2.75) is 25.3 Å². The molecule has 0 bridgehead atoms. The Morgan fingerprint density at radius 1 is 1.38 bits per heavy atom. The summed E-state index contributed by atoms with van der Waals surface area (Å²) in [7, 11) is -1.60. The summed E-state index contributed by atoms with van der Waals surface area (Å²) in [4.78, 5) is 13.5. The molecule has 0 saturated heterocycles. The highest BCUT2D eigenvalue weighted by molar-refractivity contribution is 9.10.